The van der Waals surface area contributed by atoms with Crippen LogP contribution >= 0.6 is 0 Å². The predicted octanol–water partition coefficient (Wildman–Crippen LogP) is 3.65. The molecule has 0 bridgehead atoms. The van der Waals surface area contributed by atoms with Gasteiger partial charge in [0.25, 0.3) is 0 Å². The second kappa shape index (κ2) is 6.73. The zero-order chi connectivity index (χ0) is 16.2. The lowest BCUT2D eigenvalue weighted by molar-refractivity contribution is -0.116. The molecular weight excluding hydrogens is 290 g/mol. The lowest BCUT2D eigenvalue weighted by Crippen LogP contribution is -2.16. The number of amides is 1. The van der Waals surface area contributed by atoms with E-state index in [1.54, 1.807) is 0 Å². The van der Waals surface area contributed by atoms with Gasteiger partial charge in [0.2, 0.25) is 5.91 Å². The Balaban J connectivity index is 1.59. The van der Waals surface area contributed by atoms with E-state index in [-0.39, 0.29) is 5.91 Å². The van der Waals surface area contributed by atoms with Crippen LogP contribution in [0.3, 0.4) is 0 Å². The van der Waals surface area contributed by atoms with Crippen LogP contribution < -0.4 is 14.8 Å². The fourth-order valence-electron chi connectivity index (χ4n) is 2.58. The monoisotopic (exact) mass is 311 g/mol. The Labute approximate surface area is 136 Å². The van der Waals surface area contributed by atoms with Crippen LogP contribution in [0.1, 0.15) is 23.1 Å². The van der Waals surface area contributed by atoms with Crippen LogP contribution in [0.2, 0.25) is 0 Å². The van der Waals surface area contributed by atoms with E-state index in [1.165, 1.54) is 0 Å². The molecule has 2 aromatic rings. The Bertz CT molecular complexity index is 725. The molecule has 4 nitrogen and oxygen atoms in total. The predicted molar refractivity (Wildman–Crippen MR) is 90.3 cm³/mol. The van der Waals surface area contributed by atoms with Crippen molar-refractivity contribution in [1.29, 1.82) is 0 Å². The maximum atomic E-state index is 12.2. The van der Waals surface area contributed by atoms with Crippen molar-refractivity contribution in [2.75, 3.05) is 18.5 Å². The zero-order valence-electron chi connectivity index (χ0n) is 13.5. The van der Waals surface area contributed by atoms with Crippen LogP contribution in [-0.2, 0) is 11.2 Å². The Morgan fingerprint density at radius 3 is 2.65 bits per heavy atom. The number of nitrogens with one attached hydrogen (secondary N) is 1. The number of carbonyl (C=O) groups excluding carboxylic acids is 1. The highest BCUT2D eigenvalue weighted by molar-refractivity contribution is 5.91. The van der Waals surface area contributed by atoms with Crippen molar-refractivity contribution in [3.63, 3.8) is 0 Å². The van der Waals surface area contributed by atoms with Crippen molar-refractivity contribution in [3.05, 3.63) is 53.1 Å². The smallest absolute Gasteiger partial charge is 0.224 e. The second-order valence-electron chi connectivity index (χ2n) is 5.84. The first kappa shape index (κ1) is 15.4. The molecule has 1 aliphatic heterocycles. The van der Waals surface area contributed by atoms with Gasteiger partial charge in [-0.3, -0.25) is 4.79 Å². The normalized spacial score (nSPS) is 12.8. The van der Waals surface area contributed by atoms with Crippen molar-refractivity contribution in [3.8, 4) is 11.5 Å². The summed E-state index contributed by atoms with van der Waals surface area (Å²) in [5, 5.41) is 2.99. The summed E-state index contributed by atoms with van der Waals surface area (Å²) in [7, 11) is 0. The first-order valence-corrected chi connectivity index (χ1v) is 7.87. The highest BCUT2D eigenvalue weighted by atomic mass is 16.6. The summed E-state index contributed by atoms with van der Waals surface area (Å²) in [6.07, 6.45) is 1.11. The van der Waals surface area contributed by atoms with Gasteiger partial charge in [0.05, 0.1) is 0 Å². The molecule has 2 aromatic carbocycles. The maximum absolute atomic E-state index is 12.2. The molecule has 3 rings (SSSR count). The first-order chi connectivity index (χ1) is 11.1. The van der Waals surface area contributed by atoms with Crippen LogP contribution in [0.5, 0.6) is 11.5 Å². The van der Waals surface area contributed by atoms with Crippen molar-refractivity contribution >= 4 is 11.6 Å². The van der Waals surface area contributed by atoms with Crippen LogP contribution in [0.4, 0.5) is 5.69 Å². The van der Waals surface area contributed by atoms with Crippen LogP contribution in [0.15, 0.2) is 36.4 Å². The average molecular weight is 311 g/mol. The van der Waals surface area contributed by atoms with Gasteiger partial charge in [-0.1, -0.05) is 18.2 Å². The topological polar surface area (TPSA) is 47.6 Å². The van der Waals surface area contributed by atoms with Crippen molar-refractivity contribution < 1.29 is 14.3 Å². The van der Waals surface area contributed by atoms with E-state index in [2.05, 4.69) is 5.32 Å². The van der Waals surface area contributed by atoms with Gasteiger partial charge in [-0.2, -0.15) is 0 Å². The molecule has 1 heterocycles. The minimum Gasteiger partial charge on any atom is -0.486 e. The standard InChI is InChI=1S/C19H21NO3/c1-13-3-4-14(2)16(11-13)20-19(21)8-6-15-5-7-17-18(12-15)23-10-9-22-17/h3-5,7,11-12H,6,8-10H2,1-2H3,(H,20,21). The average Bonchev–Trinajstić information content (AvgIpc) is 2.56. The second-order valence-corrected chi connectivity index (χ2v) is 5.84. The molecular formula is C19H21NO3. The summed E-state index contributed by atoms with van der Waals surface area (Å²) < 4.78 is 11.1. The minimum absolute atomic E-state index is 0.0218. The Morgan fingerprint density at radius 1 is 1.04 bits per heavy atom. The quantitative estimate of drug-likeness (QED) is 0.937. The third-order valence-corrected chi connectivity index (χ3v) is 3.91. The molecule has 0 saturated carbocycles. The molecule has 0 atom stereocenters. The number of fused-ring (bicyclic) bond motifs is 1. The number of benzene rings is 2. The lowest BCUT2D eigenvalue weighted by Gasteiger charge is -2.18. The molecule has 4 heteroatoms. The van der Waals surface area contributed by atoms with Gasteiger partial charge in [-0.25, -0.2) is 0 Å². The van der Waals surface area contributed by atoms with Crippen LogP contribution in [0.25, 0.3) is 0 Å². The molecule has 1 N–H and O–H groups in total. The molecule has 23 heavy (non-hydrogen) atoms. The van der Waals surface area contributed by atoms with E-state index in [0.717, 1.165) is 33.9 Å². The van der Waals surface area contributed by atoms with Crippen molar-refractivity contribution in [2.24, 2.45) is 0 Å². The molecule has 0 aliphatic carbocycles. The minimum atomic E-state index is 0.0218. The molecule has 1 aliphatic rings. The van der Waals surface area contributed by atoms with E-state index in [0.29, 0.717) is 26.1 Å². The third kappa shape index (κ3) is 3.83. The largest absolute Gasteiger partial charge is 0.486 e. The third-order valence-electron chi connectivity index (χ3n) is 3.91. The molecule has 120 valence electrons. The van der Waals surface area contributed by atoms with Crippen molar-refractivity contribution in [2.45, 2.75) is 26.7 Å². The van der Waals surface area contributed by atoms with Crippen LogP contribution in [-0.4, -0.2) is 19.1 Å². The van der Waals surface area contributed by atoms with Gasteiger partial charge in [0.1, 0.15) is 13.2 Å². The molecule has 0 fully saturated rings. The molecule has 0 spiro atoms. The van der Waals surface area contributed by atoms with E-state index in [4.69, 9.17) is 9.47 Å². The number of carbonyl (C=O) groups is 1. The van der Waals surface area contributed by atoms with Gasteiger partial charge in [-0.05, 0) is 55.2 Å². The number of ether oxygens (including phenoxy) is 2. The number of anilines is 1. The van der Waals surface area contributed by atoms with E-state index >= 15 is 0 Å². The number of aryl methyl sites for hydroxylation is 3. The van der Waals surface area contributed by atoms with Crippen molar-refractivity contribution in [1.82, 2.24) is 0 Å². The molecule has 0 radical (unpaired) electrons. The maximum Gasteiger partial charge on any atom is 0.224 e. The summed E-state index contributed by atoms with van der Waals surface area (Å²) in [4.78, 5) is 12.2. The highest BCUT2D eigenvalue weighted by Gasteiger charge is 2.12. The van der Waals surface area contributed by atoms with Gasteiger partial charge >= 0.3 is 0 Å². The van der Waals surface area contributed by atoms with Gasteiger partial charge < -0.3 is 14.8 Å². The molecule has 1 amide bonds. The first-order valence-electron chi connectivity index (χ1n) is 7.87. The number of rotatable bonds is 4. The molecule has 0 saturated heterocycles. The van der Waals surface area contributed by atoms with Gasteiger partial charge in [0.15, 0.2) is 11.5 Å². The lowest BCUT2D eigenvalue weighted by atomic mass is 10.1. The summed E-state index contributed by atoms with van der Waals surface area (Å²) >= 11 is 0. The summed E-state index contributed by atoms with van der Waals surface area (Å²) in [6, 6.07) is 11.9. The summed E-state index contributed by atoms with van der Waals surface area (Å²) in [5.41, 5.74) is 4.17. The number of hydrogen-bond acceptors (Lipinski definition) is 3. The van der Waals surface area contributed by atoms with Gasteiger partial charge in [-0.15, -0.1) is 0 Å². The Hall–Kier alpha value is -2.49. The van der Waals surface area contributed by atoms with Gasteiger partial charge in [0, 0.05) is 12.1 Å². The van der Waals surface area contributed by atoms with E-state index < -0.39 is 0 Å². The SMILES string of the molecule is Cc1ccc(C)c(NC(=O)CCc2ccc3c(c2)OCCO3)c1. The Kier molecular flexibility index (Phi) is 4.51. The molecule has 0 unspecified atom stereocenters. The fraction of sp³-hybridized carbons (Fsp3) is 0.316. The van der Waals surface area contributed by atoms with E-state index in [1.807, 2.05) is 50.2 Å². The van der Waals surface area contributed by atoms with E-state index in [9.17, 15) is 4.79 Å². The van der Waals surface area contributed by atoms with Crippen LogP contribution in [0, 0.1) is 13.8 Å². The highest BCUT2D eigenvalue weighted by Crippen LogP contribution is 2.31. The fourth-order valence-corrected chi connectivity index (χ4v) is 2.58. The molecule has 0 aromatic heterocycles. The summed E-state index contributed by atoms with van der Waals surface area (Å²) in [6.45, 7) is 5.17. The summed E-state index contributed by atoms with van der Waals surface area (Å²) in [5.74, 6) is 1.57. The Morgan fingerprint density at radius 2 is 1.83 bits per heavy atom. The zero-order valence-corrected chi connectivity index (χ0v) is 13.5. The number of hydrogen-bond donors (Lipinski definition) is 1.